The summed E-state index contributed by atoms with van der Waals surface area (Å²) in [6.45, 7) is 42.1. The highest BCUT2D eigenvalue weighted by atomic mass is 35.5. The van der Waals surface area contributed by atoms with Crippen LogP contribution in [0.2, 0.25) is 45.2 Å². The highest BCUT2D eigenvalue weighted by molar-refractivity contribution is 6.43. The molecule has 0 saturated carbocycles. The summed E-state index contributed by atoms with van der Waals surface area (Å²) in [5, 5.41) is 1.96. The van der Waals surface area contributed by atoms with E-state index in [-0.39, 0.29) is 209 Å². The maximum absolute atomic E-state index is 17.5. The Morgan fingerprint density at radius 1 is 0.392 bits per heavy atom. The lowest BCUT2D eigenvalue weighted by Gasteiger charge is -2.49. The molecule has 12 heterocycles. The fourth-order valence-corrected chi connectivity index (χ4v) is 22.9. The van der Waals surface area contributed by atoms with Crippen LogP contribution in [-0.4, -0.2) is 165 Å². The second-order valence-electron chi connectivity index (χ2n) is 38.2. The SMILES string of the molecule is C=CC(=O)N1CC2CNc3c(c4cc(F)c(-c5c(N)c(Cl)cc(Cl)c5F)c(Cl)c4n(-c4c(C(C)C)ncnc4C(C)C)c3=O)N2CC1C.C=CC(=O)N1CC2COc3c(c4cc(F)c(-c5c(N)c(Cl)cc(Cl)c5F)c(Cl)c4n(-c4c(C(C)C)ncnc4C(C)C)c3=O)N2CC1C.C=CC(=O)N1CC2Cc3c(c4cc(Cl)c(-c5c(N)c(Cl)cc(Cl)c5F)c(F)c4n(-c4c(C(C)C)ncnc4C(C)C)c3=O)N2CC1C. The first-order valence-electron chi connectivity index (χ1n) is 46.2. The van der Waals surface area contributed by atoms with Crippen LogP contribution in [0.4, 0.5) is 66.2 Å². The number of nitrogen functional groups attached to an aromatic ring is 3. The van der Waals surface area contributed by atoms with Crippen molar-refractivity contribution in [3.8, 4) is 56.2 Å². The molecule has 143 heavy (non-hydrogen) atoms. The Hall–Kier alpha value is -11.6. The quantitative estimate of drug-likeness (QED) is 0.0321. The van der Waals surface area contributed by atoms with E-state index in [9.17, 15) is 28.8 Å². The van der Waals surface area contributed by atoms with Gasteiger partial charge in [0.05, 0.1) is 165 Å². The number of ether oxygens (including phenoxy) is 1. The minimum Gasteiger partial charge on any atom is -0.484 e. The zero-order valence-electron chi connectivity index (χ0n) is 80.3. The number of carbonyl (C=O) groups excluding carboxylic acids is 3. The minimum absolute atomic E-state index is 0.0255. The molecule has 3 saturated heterocycles. The van der Waals surface area contributed by atoms with Crippen molar-refractivity contribution in [2.75, 3.05) is 89.6 Å². The van der Waals surface area contributed by atoms with Gasteiger partial charge in [-0.15, -0.1) is 0 Å². The van der Waals surface area contributed by atoms with Crippen LogP contribution in [0.25, 0.3) is 83.2 Å². The zero-order chi connectivity index (χ0) is 104. The molecular formula is C102H100Cl9F6N19O7. The highest BCUT2D eigenvalue weighted by Gasteiger charge is 2.48. The Labute approximate surface area is 864 Å². The molecule has 6 aromatic heterocycles. The number of hydrogen-bond donors (Lipinski definition) is 4. The van der Waals surface area contributed by atoms with Gasteiger partial charge in [-0.1, -0.05) is 207 Å². The van der Waals surface area contributed by atoms with E-state index in [1.807, 2.05) is 119 Å². The Morgan fingerprint density at radius 2 is 0.720 bits per heavy atom. The van der Waals surface area contributed by atoms with Crippen LogP contribution in [0.1, 0.15) is 179 Å². The van der Waals surface area contributed by atoms with Gasteiger partial charge < -0.3 is 56.7 Å². The van der Waals surface area contributed by atoms with Crippen molar-refractivity contribution in [1.29, 1.82) is 0 Å². The number of benzene rings is 6. The minimum atomic E-state index is -1.03. The van der Waals surface area contributed by atoms with Crippen LogP contribution in [0.5, 0.6) is 5.75 Å². The smallest absolute Gasteiger partial charge is 0.300 e. The van der Waals surface area contributed by atoms with E-state index < -0.39 is 79.4 Å². The Kier molecular flexibility index (Phi) is 29.2. The van der Waals surface area contributed by atoms with E-state index in [0.29, 0.717) is 125 Å². The summed E-state index contributed by atoms with van der Waals surface area (Å²) in [7, 11) is 0. The van der Waals surface area contributed by atoms with Crippen molar-refractivity contribution in [1.82, 2.24) is 58.3 Å². The number of piperazine rings is 3. The largest absolute Gasteiger partial charge is 0.484 e. The fourth-order valence-electron chi connectivity index (χ4n) is 20.5. The number of rotatable bonds is 15. The molecule has 0 radical (unpaired) electrons. The lowest BCUT2D eigenvalue weighted by Crippen LogP contribution is -2.62. The molecule has 18 rings (SSSR count). The van der Waals surface area contributed by atoms with Crippen LogP contribution in [0.3, 0.4) is 0 Å². The zero-order valence-corrected chi connectivity index (χ0v) is 87.1. The van der Waals surface area contributed by atoms with Gasteiger partial charge >= 0.3 is 0 Å². The third-order valence-corrected chi connectivity index (χ3v) is 29.9. The third-order valence-electron chi connectivity index (χ3n) is 27.1. The molecule has 3 amide bonds. The fraction of sp³-hybridized carbons (Fsp3) is 0.353. The van der Waals surface area contributed by atoms with Crippen molar-refractivity contribution >= 4 is 195 Å². The summed E-state index contributed by atoms with van der Waals surface area (Å²) in [6, 6.07) is 5.63. The van der Waals surface area contributed by atoms with Gasteiger partial charge in [0.1, 0.15) is 42.9 Å². The van der Waals surface area contributed by atoms with Crippen molar-refractivity contribution in [2.45, 2.75) is 182 Å². The predicted octanol–water partition coefficient (Wildman–Crippen LogP) is 22.7. The molecule has 6 aromatic carbocycles. The average Bonchev–Trinajstić information content (AvgIpc) is 1.64. The number of pyridine rings is 3. The summed E-state index contributed by atoms with van der Waals surface area (Å²) in [4.78, 5) is 121. The molecule has 3 fully saturated rings. The van der Waals surface area contributed by atoms with Crippen molar-refractivity contribution in [2.24, 2.45) is 0 Å². The molecule has 6 aliphatic rings. The molecule has 6 unspecified atom stereocenters. The molecule has 0 bridgehead atoms. The number of nitrogens with zero attached hydrogens (tertiary/aromatic N) is 15. The standard InChI is InChI=1S/C34H34Cl3F2N7O2.C34H33Cl3F2N6O3.C34H33Cl3F2N6O2/c1-7-22(47)44-12-17-10-41-30-32(45(17)11-16(44)6)18-8-21(38)23(24-26(39)19(35)9-20(36)27(24)40)25(37)31(18)46(34(30)48)33-28(14(2)3)42-13-43-29(33)15(4)5;1-7-22(46)43-11-17-12-48-33-31(44(17)10-16(43)6)18-8-21(38)23(24-26(39)19(35)9-20(36)27(24)40)25(37)30(18)45(34(33)47)32-28(14(2)3)41-13-42-29(32)15(4)5;1-7-23(46)43-12-17-8-19-31(44(17)11-16(43)6)18-9-20(35)24(25-26(38)21(36)10-22(37)28(25)40)27(39)32(18)45(34(19)47)33-29(14(2)3)41-13-42-30(33)15(4)5/h7-9,13-17,41H,1,10-12,40H2,2-6H3;7-9,13-17H,1,10-12,40H2,2-6H3;7,9-10,13-17H,1,8,11-12,40H2,2-6H3. The first-order valence-corrected chi connectivity index (χ1v) is 49.6. The Morgan fingerprint density at radius 3 is 1.10 bits per heavy atom. The van der Waals surface area contributed by atoms with Gasteiger partial charge in [-0.3, -0.25) is 42.5 Å². The van der Waals surface area contributed by atoms with Gasteiger partial charge in [0, 0.05) is 125 Å². The predicted molar refractivity (Wildman–Crippen MR) is 560 cm³/mol. The number of hydrogen-bond acceptors (Lipinski definition) is 20. The number of anilines is 7. The van der Waals surface area contributed by atoms with Crippen LogP contribution in [0, 0.1) is 34.9 Å². The maximum Gasteiger partial charge on any atom is 0.300 e. The maximum atomic E-state index is 17.5. The van der Waals surface area contributed by atoms with Gasteiger partial charge in [0.25, 0.3) is 16.7 Å². The van der Waals surface area contributed by atoms with Crippen molar-refractivity contribution in [3.05, 3.63) is 244 Å². The number of halogens is 15. The van der Waals surface area contributed by atoms with Crippen LogP contribution in [-0.2, 0) is 20.8 Å². The van der Waals surface area contributed by atoms with Crippen molar-refractivity contribution in [3.63, 3.8) is 0 Å². The molecule has 41 heteroatoms. The van der Waals surface area contributed by atoms with E-state index in [2.05, 4.69) is 55.0 Å². The summed E-state index contributed by atoms with van der Waals surface area (Å²) in [6.07, 6.45) is 8.41. The Balaban J connectivity index is 0.000000154. The summed E-state index contributed by atoms with van der Waals surface area (Å²) in [5.41, 5.74) is 20.2. The van der Waals surface area contributed by atoms with Gasteiger partial charge in [0.15, 0.2) is 23.3 Å². The number of amides is 3. The van der Waals surface area contributed by atoms with Crippen LogP contribution in [0.15, 0.2) is 108 Å². The molecule has 0 spiro atoms. The average molecular weight is 2140 g/mol. The van der Waals surface area contributed by atoms with Crippen LogP contribution < -0.4 is 58.6 Å². The molecule has 12 aromatic rings. The molecule has 26 nitrogen and oxygen atoms in total. The topological polar surface area (TPSA) is 313 Å². The van der Waals surface area contributed by atoms with Gasteiger partial charge in [-0.05, 0) is 111 Å². The summed E-state index contributed by atoms with van der Waals surface area (Å²) in [5.74, 6) is -7.60. The third kappa shape index (κ3) is 17.5. The Bertz CT molecular complexity index is 7180. The first kappa shape index (κ1) is 104. The monoisotopic (exact) mass is 2130 g/mol. The second-order valence-corrected chi connectivity index (χ2v) is 41.8. The lowest BCUT2D eigenvalue weighted by molar-refractivity contribution is -0.129. The summed E-state index contributed by atoms with van der Waals surface area (Å²) < 4.78 is 108. The number of carbonyl (C=O) groups is 3. The first-order chi connectivity index (χ1) is 67.6. The van der Waals surface area contributed by atoms with Crippen LogP contribution >= 0.6 is 104 Å². The van der Waals surface area contributed by atoms with Gasteiger partial charge in [-0.25, -0.2) is 56.2 Å². The number of nitrogens with one attached hydrogen (secondary N) is 1. The van der Waals surface area contributed by atoms with E-state index in [1.165, 1.54) is 69.1 Å². The molecule has 6 atom stereocenters. The van der Waals surface area contributed by atoms with E-state index in [1.54, 1.807) is 14.7 Å². The second kappa shape index (κ2) is 40.1. The molecular weight excluding hydrogens is 2040 g/mol. The van der Waals surface area contributed by atoms with Gasteiger partial charge in [-0.2, -0.15) is 0 Å². The van der Waals surface area contributed by atoms with Crippen molar-refractivity contribution < 1.29 is 45.5 Å². The molecule has 6 aliphatic heterocycles. The number of fused-ring (bicyclic) bond motifs is 15. The van der Waals surface area contributed by atoms with Gasteiger partial charge in [0.2, 0.25) is 23.5 Å². The molecule has 0 aliphatic carbocycles. The van der Waals surface area contributed by atoms with E-state index in [4.69, 9.17) is 126 Å². The van der Waals surface area contributed by atoms with E-state index >= 15 is 26.3 Å². The molecule has 750 valence electrons. The number of aromatic nitrogens is 9. The summed E-state index contributed by atoms with van der Waals surface area (Å²) >= 11 is 58.5. The number of nitrogens with two attached hydrogens (primary N) is 3. The van der Waals surface area contributed by atoms with E-state index in [0.717, 1.165) is 18.2 Å². The highest BCUT2D eigenvalue weighted by Crippen LogP contribution is 2.55. The molecule has 7 N–H and O–H groups in total. The lowest BCUT2D eigenvalue weighted by atomic mass is 9.95. The normalized spacial score (nSPS) is 17.5.